The fourth-order valence-electron chi connectivity index (χ4n) is 4.39. The number of aliphatic hydroxyl groups is 1. The number of likely N-dealkylation sites (tertiary alicyclic amines) is 1. The third-order valence-electron chi connectivity index (χ3n) is 6.10. The van der Waals surface area contributed by atoms with E-state index in [0.29, 0.717) is 5.56 Å². The van der Waals surface area contributed by atoms with Crippen LogP contribution in [0.1, 0.15) is 40.9 Å². The summed E-state index contributed by atoms with van der Waals surface area (Å²) in [6, 6.07) is 5.23. The Balaban J connectivity index is 1.67. The van der Waals surface area contributed by atoms with Gasteiger partial charge >= 0.3 is 12.2 Å². The minimum atomic E-state index is -4.54. The van der Waals surface area contributed by atoms with E-state index in [9.17, 15) is 32.3 Å². The maximum atomic E-state index is 13.9. The first-order valence-electron chi connectivity index (χ1n) is 10.2. The van der Waals surface area contributed by atoms with Crippen LogP contribution in [0.4, 0.5) is 28.0 Å². The van der Waals surface area contributed by atoms with Crippen molar-refractivity contribution in [3.63, 3.8) is 0 Å². The standard InChI is InChI=1S/C22H20ClF4N3O3/c1-10(22(25,26)27)17-8-12(31)9-30(17)21(33)28-16-4-2-3-13-18(16)19(29-20(13)32)14-7-11(24)5-6-15(14)23/h2-7,10,12,17,19,31H,8-9H2,1H3,(H,28,33)(H,29,32)/t10?,12-,17+,19?/m1/s1. The van der Waals surface area contributed by atoms with Crippen molar-refractivity contribution in [1.82, 2.24) is 10.2 Å². The van der Waals surface area contributed by atoms with Crippen LogP contribution in [0.5, 0.6) is 0 Å². The molecule has 1 fully saturated rings. The van der Waals surface area contributed by atoms with Gasteiger partial charge in [-0.15, -0.1) is 0 Å². The van der Waals surface area contributed by atoms with Crippen LogP contribution < -0.4 is 10.6 Å². The van der Waals surface area contributed by atoms with E-state index in [2.05, 4.69) is 10.6 Å². The van der Waals surface area contributed by atoms with E-state index in [-0.39, 0.29) is 34.8 Å². The van der Waals surface area contributed by atoms with Gasteiger partial charge in [-0.25, -0.2) is 9.18 Å². The average molecular weight is 486 g/mol. The first kappa shape index (κ1) is 23.3. The zero-order valence-electron chi connectivity index (χ0n) is 17.3. The third kappa shape index (κ3) is 4.37. The number of hydrogen-bond acceptors (Lipinski definition) is 3. The maximum absolute atomic E-state index is 13.9. The Hall–Kier alpha value is -2.85. The van der Waals surface area contributed by atoms with Crippen molar-refractivity contribution in [1.29, 1.82) is 0 Å². The highest BCUT2D eigenvalue weighted by atomic mass is 35.5. The van der Waals surface area contributed by atoms with Gasteiger partial charge in [0.15, 0.2) is 0 Å². The van der Waals surface area contributed by atoms with Gasteiger partial charge in [0.2, 0.25) is 0 Å². The van der Waals surface area contributed by atoms with Crippen molar-refractivity contribution in [3.05, 3.63) is 63.9 Å². The van der Waals surface area contributed by atoms with E-state index >= 15 is 0 Å². The molecular formula is C22H20ClF4N3O3. The van der Waals surface area contributed by atoms with Gasteiger partial charge in [-0.2, -0.15) is 13.2 Å². The Morgan fingerprint density at radius 2 is 2.03 bits per heavy atom. The smallest absolute Gasteiger partial charge is 0.391 e. The second-order valence-corrected chi connectivity index (χ2v) is 8.62. The Kier molecular flexibility index (Phi) is 6.00. The summed E-state index contributed by atoms with van der Waals surface area (Å²) in [4.78, 5) is 26.5. The Labute approximate surface area is 191 Å². The summed E-state index contributed by atoms with van der Waals surface area (Å²) in [5.74, 6) is -2.88. The number of halogens is 5. The lowest BCUT2D eigenvalue weighted by Gasteiger charge is -2.31. The summed E-state index contributed by atoms with van der Waals surface area (Å²) in [5, 5.41) is 15.4. The fraction of sp³-hybridized carbons (Fsp3) is 0.364. The minimum Gasteiger partial charge on any atom is -0.391 e. The van der Waals surface area contributed by atoms with Crippen molar-refractivity contribution in [2.24, 2.45) is 5.92 Å². The lowest BCUT2D eigenvalue weighted by Crippen LogP contribution is -2.46. The SMILES string of the molecule is CC([C@@H]1C[C@@H](O)CN1C(=O)Nc1cccc2c1C(c1cc(F)ccc1Cl)NC2=O)C(F)(F)F. The molecule has 2 aliphatic heterocycles. The number of carbonyl (C=O) groups excluding carboxylic acids is 2. The molecule has 4 rings (SSSR count). The number of alkyl halides is 3. The summed E-state index contributed by atoms with van der Waals surface area (Å²) < 4.78 is 53.8. The van der Waals surface area contributed by atoms with Crippen LogP contribution in [0.2, 0.25) is 5.02 Å². The molecule has 6 nitrogen and oxygen atoms in total. The molecule has 0 saturated carbocycles. The molecule has 33 heavy (non-hydrogen) atoms. The van der Waals surface area contributed by atoms with E-state index in [0.717, 1.165) is 17.9 Å². The molecule has 2 heterocycles. The molecule has 4 atom stereocenters. The monoisotopic (exact) mass is 485 g/mol. The number of carbonyl (C=O) groups is 2. The largest absolute Gasteiger partial charge is 0.393 e. The predicted octanol–water partition coefficient (Wildman–Crippen LogP) is 4.48. The summed E-state index contributed by atoms with van der Waals surface area (Å²) in [6.45, 7) is 0.704. The van der Waals surface area contributed by atoms with Crippen molar-refractivity contribution < 1.29 is 32.3 Å². The number of anilines is 1. The van der Waals surface area contributed by atoms with Crippen molar-refractivity contribution in [3.8, 4) is 0 Å². The van der Waals surface area contributed by atoms with Crippen molar-refractivity contribution in [2.45, 2.75) is 37.7 Å². The number of hydrogen-bond donors (Lipinski definition) is 3. The lowest BCUT2D eigenvalue weighted by molar-refractivity contribution is -0.181. The van der Waals surface area contributed by atoms with Crippen LogP contribution in [-0.4, -0.2) is 46.8 Å². The number of nitrogens with one attached hydrogen (secondary N) is 2. The Morgan fingerprint density at radius 1 is 1.30 bits per heavy atom. The Morgan fingerprint density at radius 3 is 2.73 bits per heavy atom. The van der Waals surface area contributed by atoms with Gasteiger partial charge in [0.25, 0.3) is 5.91 Å². The number of nitrogens with zero attached hydrogens (tertiary/aromatic N) is 1. The van der Waals surface area contributed by atoms with E-state index in [1.807, 2.05) is 0 Å². The second-order valence-electron chi connectivity index (χ2n) is 8.21. The van der Waals surface area contributed by atoms with E-state index < -0.39 is 48.0 Å². The molecular weight excluding hydrogens is 466 g/mol. The van der Waals surface area contributed by atoms with Crippen LogP contribution in [0.25, 0.3) is 0 Å². The molecule has 3 N–H and O–H groups in total. The number of fused-ring (bicyclic) bond motifs is 1. The molecule has 2 aromatic carbocycles. The average Bonchev–Trinajstić information content (AvgIpc) is 3.29. The number of urea groups is 1. The van der Waals surface area contributed by atoms with Gasteiger partial charge in [-0.1, -0.05) is 24.6 Å². The second kappa shape index (κ2) is 8.49. The molecule has 2 aliphatic rings. The number of benzene rings is 2. The van der Waals surface area contributed by atoms with Crippen LogP contribution >= 0.6 is 11.6 Å². The quantitative estimate of drug-likeness (QED) is 0.561. The Bertz CT molecular complexity index is 1110. The van der Waals surface area contributed by atoms with E-state index in [1.54, 1.807) is 0 Å². The molecule has 176 valence electrons. The van der Waals surface area contributed by atoms with Gasteiger partial charge in [-0.05, 0) is 36.8 Å². The van der Waals surface area contributed by atoms with Crippen molar-refractivity contribution in [2.75, 3.05) is 11.9 Å². The highest BCUT2D eigenvalue weighted by Gasteiger charge is 2.48. The summed E-state index contributed by atoms with van der Waals surface area (Å²) in [7, 11) is 0. The van der Waals surface area contributed by atoms with Crippen molar-refractivity contribution >= 4 is 29.2 Å². The predicted molar refractivity (Wildman–Crippen MR) is 113 cm³/mol. The summed E-state index contributed by atoms with van der Waals surface area (Å²) >= 11 is 6.22. The zero-order valence-corrected chi connectivity index (χ0v) is 18.0. The molecule has 3 amide bonds. The molecule has 0 aromatic heterocycles. The first-order chi connectivity index (χ1) is 15.5. The van der Waals surface area contributed by atoms with Crippen LogP contribution in [0, 0.1) is 11.7 Å². The van der Waals surface area contributed by atoms with Gasteiger partial charge in [0.05, 0.1) is 18.1 Å². The fourth-order valence-corrected chi connectivity index (χ4v) is 4.62. The molecule has 0 aliphatic carbocycles. The minimum absolute atomic E-state index is 0.168. The van der Waals surface area contributed by atoms with E-state index in [1.165, 1.54) is 30.3 Å². The number of aliphatic hydroxyl groups excluding tert-OH is 1. The number of β-amino-alcohol motifs (C(OH)–C–C–N with tert-alkyl or cyclic N) is 1. The molecule has 0 bridgehead atoms. The van der Waals surface area contributed by atoms with Gasteiger partial charge in [0.1, 0.15) is 5.82 Å². The van der Waals surface area contributed by atoms with Gasteiger partial charge < -0.3 is 20.6 Å². The molecule has 0 spiro atoms. The first-order valence-corrected chi connectivity index (χ1v) is 10.6. The molecule has 0 radical (unpaired) electrons. The van der Waals surface area contributed by atoms with Crippen LogP contribution in [0.15, 0.2) is 36.4 Å². The van der Waals surface area contributed by atoms with Crippen LogP contribution in [-0.2, 0) is 0 Å². The number of rotatable bonds is 3. The molecule has 2 aromatic rings. The van der Waals surface area contributed by atoms with Crippen LogP contribution in [0.3, 0.4) is 0 Å². The number of amides is 3. The highest BCUT2D eigenvalue weighted by molar-refractivity contribution is 6.31. The zero-order chi connectivity index (χ0) is 24.1. The molecule has 11 heteroatoms. The maximum Gasteiger partial charge on any atom is 0.393 e. The normalized spacial score (nSPS) is 23.3. The third-order valence-corrected chi connectivity index (χ3v) is 6.45. The molecule has 1 saturated heterocycles. The highest BCUT2D eigenvalue weighted by Crippen LogP contribution is 2.40. The van der Waals surface area contributed by atoms with E-state index in [4.69, 9.17) is 11.6 Å². The van der Waals surface area contributed by atoms with Gasteiger partial charge in [0, 0.05) is 40.0 Å². The summed E-state index contributed by atoms with van der Waals surface area (Å²) in [5.41, 5.74) is 0.981. The topological polar surface area (TPSA) is 81.7 Å². The molecule has 2 unspecified atom stereocenters. The lowest BCUT2D eigenvalue weighted by atomic mass is 9.96. The summed E-state index contributed by atoms with van der Waals surface area (Å²) in [6.07, 6.45) is -5.84. The van der Waals surface area contributed by atoms with Gasteiger partial charge in [-0.3, -0.25) is 4.79 Å².